The second-order valence-electron chi connectivity index (χ2n) is 4.92. The fourth-order valence-corrected chi connectivity index (χ4v) is 2.08. The van der Waals surface area contributed by atoms with Crippen molar-refractivity contribution in [3.8, 4) is 5.75 Å². The Morgan fingerprint density at radius 2 is 1.89 bits per heavy atom. The molecule has 0 spiro atoms. The number of ether oxygens (including phenoxy) is 1. The van der Waals surface area contributed by atoms with E-state index in [4.69, 9.17) is 4.74 Å². The van der Waals surface area contributed by atoms with Crippen molar-refractivity contribution in [1.29, 1.82) is 0 Å². The maximum Gasteiger partial charge on any atom is 0.119 e. The quantitative estimate of drug-likeness (QED) is 0.896. The molecule has 2 rings (SSSR count). The zero-order valence-corrected chi connectivity index (χ0v) is 11.9. The minimum absolute atomic E-state index is 0.106. The summed E-state index contributed by atoms with van der Waals surface area (Å²) in [5.41, 5.74) is 2.19. The van der Waals surface area contributed by atoms with Crippen LogP contribution in [0.1, 0.15) is 31.1 Å². The Morgan fingerprint density at radius 3 is 2.37 bits per heavy atom. The minimum atomic E-state index is 0.106. The summed E-state index contributed by atoms with van der Waals surface area (Å²) in [5, 5.41) is 3.29. The van der Waals surface area contributed by atoms with Crippen LogP contribution in [0, 0.1) is 0 Å². The Balaban J connectivity index is 2.19. The number of nitrogens with zero attached hydrogens (tertiary/aromatic N) is 2. The molecule has 4 nitrogen and oxygen atoms in total. The molecule has 1 unspecified atom stereocenters. The summed E-state index contributed by atoms with van der Waals surface area (Å²) in [7, 11) is 3.92. The predicted octanol–water partition coefficient (Wildman–Crippen LogP) is 2.52. The molecular weight excluding hydrogens is 238 g/mol. The summed E-state index contributed by atoms with van der Waals surface area (Å²) < 4.78 is 7.61. The molecule has 0 aliphatic rings. The highest BCUT2D eigenvalue weighted by Crippen LogP contribution is 2.23. The lowest BCUT2D eigenvalue weighted by Gasteiger charge is -2.15. The van der Waals surface area contributed by atoms with Crippen molar-refractivity contribution in [2.45, 2.75) is 26.0 Å². The first-order valence-corrected chi connectivity index (χ1v) is 6.52. The van der Waals surface area contributed by atoms with Gasteiger partial charge in [0, 0.05) is 13.2 Å². The topological polar surface area (TPSA) is 39.1 Å². The maximum atomic E-state index is 5.65. The van der Waals surface area contributed by atoms with Gasteiger partial charge in [-0.25, -0.2) is 4.98 Å². The van der Waals surface area contributed by atoms with Crippen LogP contribution in [0.5, 0.6) is 5.75 Å². The van der Waals surface area contributed by atoms with E-state index in [1.807, 2.05) is 57.2 Å². The van der Waals surface area contributed by atoms with Crippen molar-refractivity contribution in [3.05, 3.63) is 48.0 Å². The van der Waals surface area contributed by atoms with E-state index >= 15 is 0 Å². The van der Waals surface area contributed by atoms with E-state index in [1.165, 1.54) is 5.56 Å². The second-order valence-corrected chi connectivity index (χ2v) is 4.92. The van der Waals surface area contributed by atoms with Gasteiger partial charge >= 0.3 is 0 Å². The molecule has 0 aliphatic heterocycles. The first-order chi connectivity index (χ1) is 9.10. The van der Waals surface area contributed by atoms with Crippen molar-refractivity contribution in [2.24, 2.45) is 7.05 Å². The van der Waals surface area contributed by atoms with E-state index in [0.29, 0.717) is 0 Å². The number of rotatable bonds is 5. The molecule has 0 saturated heterocycles. The average Bonchev–Trinajstić information content (AvgIpc) is 2.78. The molecule has 1 aromatic heterocycles. The standard InChI is InChI=1S/C15H21N3O/c1-11(2)19-13-7-5-12(6-8-13)15(16-3)14-9-18(4)10-17-14/h5-11,15-16H,1-4H3. The molecule has 1 atom stereocenters. The summed E-state index contributed by atoms with van der Waals surface area (Å²) in [6.07, 6.45) is 4.04. The third kappa shape index (κ3) is 3.35. The number of benzene rings is 1. The van der Waals surface area contributed by atoms with Gasteiger partial charge in [0.25, 0.3) is 0 Å². The van der Waals surface area contributed by atoms with Gasteiger partial charge in [0.2, 0.25) is 0 Å². The predicted molar refractivity (Wildman–Crippen MR) is 76.3 cm³/mol. The summed E-state index contributed by atoms with van der Waals surface area (Å²) in [6, 6.07) is 8.26. The Kier molecular flexibility index (Phi) is 4.22. The van der Waals surface area contributed by atoms with E-state index in [1.54, 1.807) is 0 Å². The summed E-state index contributed by atoms with van der Waals surface area (Å²) in [6.45, 7) is 4.05. The molecule has 19 heavy (non-hydrogen) atoms. The van der Waals surface area contributed by atoms with Gasteiger partial charge in [-0.2, -0.15) is 0 Å². The fourth-order valence-electron chi connectivity index (χ4n) is 2.08. The fraction of sp³-hybridized carbons (Fsp3) is 0.400. The number of aromatic nitrogens is 2. The van der Waals surface area contributed by atoms with Gasteiger partial charge in [-0.05, 0) is 38.6 Å². The van der Waals surface area contributed by atoms with Crippen molar-refractivity contribution >= 4 is 0 Å². The monoisotopic (exact) mass is 259 g/mol. The normalized spacial score (nSPS) is 12.7. The lowest BCUT2D eigenvalue weighted by Crippen LogP contribution is -2.18. The third-order valence-corrected chi connectivity index (χ3v) is 2.89. The van der Waals surface area contributed by atoms with Crippen molar-refractivity contribution in [1.82, 2.24) is 14.9 Å². The van der Waals surface area contributed by atoms with Crippen LogP contribution in [0.25, 0.3) is 0 Å². The first-order valence-electron chi connectivity index (χ1n) is 6.52. The van der Waals surface area contributed by atoms with Crippen molar-refractivity contribution < 1.29 is 4.74 Å². The van der Waals surface area contributed by atoms with Crippen LogP contribution in [0.3, 0.4) is 0 Å². The Labute approximate surface area is 114 Å². The third-order valence-electron chi connectivity index (χ3n) is 2.89. The molecule has 1 aromatic carbocycles. The van der Waals surface area contributed by atoms with Gasteiger partial charge in [-0.3, -0.25) is 0 Å². The molecule has 4 heteroatoms. The molecule has 2 aromatic rings. The molecule has 0 aliphatic carbocycles. The number of imidazole rings is 1. The molecule has 0 fully saturated rings. The van der Waals surface area contributed by atoms with Gasteiger partial charge in [0.05, 0.1) is 24.2 Å². The lowest BCUT2D eigenvalue weighted by atomic mass is 10.0. The summed E-state index contributed by atoms with van der Waals surface area (Å²) >= 11 is 0. The summed E-state index contributed by atoms with van der Waals surface area (Å²) in [5.74, 6) is 0.898. The number of aryl methyl sites for hydroxylation is 1. The van der Waals surface area contributed by atoms with E-state index < -0.39 is 0 Å². The highest BCUT2D eigenvalue weighted by atomic mass is 16.5. The Bertz CT molecular complexity index is 516. The van der Waals surface area contributed by atoms with Crippen LogP contribution < -0.4 is 10.1 Å². The largest absolute Gasteiger partial charge is 0.491 e. The van der Waals surface area contributed by atoms with Crippen molar-refractivity contribution in [2.75, 3.05) is 7.05 Å². The maximum absolute atomic E-state index is 5.65. The smallest absolute Gasteiger partial charge is 0.119 e. The number of hydrogen-bond donors (Lipinski definition) is 1. The van der Waals surface area contributed by atoms with Crippen LogP contribution in [-0.4, -0.2) is 22.7 Å². The van der Waals surface area contributed by atoms with Crippen LogP contribution in [0.15, 0.2) is 36.8 Å². The molecule has 0 bridgehead atoms. The molecule has 0 saturated carbocycles. The molecule has 0 amide bonds. The van der Waals surface area contributed by atoms with Crippen molar-refractivity contribution in [3.63, 3.8) is 0 Å². The van der Waals surface area contributed by atoms with Crippen LogP contribution in [0.2, 0.25) is 0 Å². The highest BCUT2D eigenvalue weighted by molar-refractivity contribution is 5.32. The van der Waals surface area contributed by atoms with Gasteiger partial charge in [-0.1, -0.05) is 12.1 Å². The molecule has 1 heterocycles. The Morgan fingerprint density at radius 1 is 1.21 bits per heavy atom. The van der Waals surface area contributed by atoms with E-state index in [9.17, 15) is 0 Å². The van der Waals surface area contributed by atoms with E-state index in [-0.39, 0.29) is 12.1 Å². The van der Waals surface area contributed by atoms with Crippen LogP contribution in [-0.2, 0) is 7.05 Å². The zero-order valence-electron chi connectivity index (χ0n) is 11.9. The SMILES string of the molecule is CNC(c1ccc(OC(C)C)cc1)c1cn(C)cn1. The Hall–Kier alpha value is -1.81. The molecule has 0 radical (unpaired) electrons. The average molecular weight is 259 g/mol. The zero-order chi connectivity index (χ0) is 13.8. The van der Waals surface area contributed by atoms with E-state index in [0.717, 1.165) is 11.4 Å². The lowest BCUT2D eigenvalue weighted by molar-refractivity contribution is 0.242. The second kappa shape index (κ2) is 5.89. The number of nitrogens with one attached hydrogen (secondary N) is 1. The number of hydrogen-bond acceptors (Lipinski definition) is 3. The van der Waals surface area contributed by atoms with Gasteiger partial charge in [0.15, 0.2) is 0 Å². The van der Waals surface area contributed by atoms with Gasteiger partial charge < -0.3 is 14.6 Å². The first kappa shape index (κ1) is 13.6. The minimum Gasteiger partial charge on any atom is -0.491 e. The molecule has 1 N–H and O–H groups in total. The molecular formula is C15H21N3O. The van der Waals surface area contributed by atoms with Crippen LogP contribution >= 0.6 is 0 Å². The van der Waals surface area contributed by atoms with E-state index in [2.05, 4.69) is 22.4 Å². The van der Waals surface area contributed by atoms with Gasteiger partial charge in [0.1, 0.15) is 5.75 Å². The van der Waals surface area contributed by atoms with Gasteiger partial charge in [-0.15, -0.1) is 0 Å². The summed E-state index contributed by atoms with van der Waals surface area (Å²) in [4.78, 5) is 4.40. The van der Waals surface area contributed by atoms with Crippen LogP contribution in [0.4, 0.5) is 0 Å². The highest BCUT2D eigenvalue weighted by Gasteiger charge is 2.14. The molecule has 102 valence electrons.